The topological polar surface area (TPSA) is 79.4 Å². The van der Waals surface area contributed by atoms with Gasteiger partial charge in [-0.25, -0.2) is 13.4 Å². The number of nitrogens with one attached hydrogen (secondary N) is 1. The van der Waals surface area contributed by atoms with Crippen molar-refractivity contribution < 1.29 is 13.2 Å². The first-order valence-corrected chi connectivity index (χ1v) is 11.0. The lowest BCUT2D eigenvalue weighted by atomic mass is 9.97. The van der Waals surface area contributed by atoms with Crippen LogP contribution >= 0.6 is 15.9 Å². The Balaban J connectivity index is 1.64. The molecule has 1 aromatic heterocycles. The Hall–Kier alpha value is -1.77. The number of carbonyl (C=O) groups is 1. The van der Waals surface area contributed by atoms with Gasteiger partial charge in [-0.1, -0.05) is 15.9 Å². The van der Waals surface area contributed by atoms with Crippen molar-refractivity contribution in [3.63, 3.8) is 0 Å². The van der Waals surface area contributed by atoms with Crippen molar-refractivity contribution in [3.8, 4) is 0 Å². The molecule has 0 aliphatic carbocycles. The second-order valence-electron chi connectivity index (χ2n) is 6.80. The van der Waals surface area contributed by atoms with Gasteiger partial charge in [0.2, 0.25) is 15.9 Å². The minimum absolute atomic E-state index is 0.107. The minimum atomic E-state index is -3.55. The molecule has 3 rings (SSSR count). The largest absolute Gasteiger partial charge is 0.310 e. The summed E-state index contributed by atoms with van der Waals surface area (Å²) in [6.07, 6.45) is 2.64. The Morgan fingerprint density at radius 2 is 1.89 bits per heavy atom. The lowest BCUT2D eigenvalue weighted by Crippen LogP contribution is -2.41. The first-order valence-electron chi connectivity index (χ1n) is 8.77. The minimum Gasteiger partial charge on any atom is -0.310 e. The summed E-state index contributed by atoms with van der Waals surface area (Å²) in [4.78, 5) is 16.9. The number of sulfonamides is 1. The van der Waals surface area contributed by atoms with Gasteiger partial charge in [0.05, 0.1) is 4.90 Å². The number of piperidine rings is 1. The number of hydrogen-bond donors (Lipinski definition) is 1. The Kier molecular flexibility index (Phi) is 5.98. The molecule has 1 N–H and O–H groups in total. The van der Waals surface area contributed by atoms with Crippen LogP contribution in [0.5, 0.6) is 0 Å². The molecule has 144 valence electrons. The number of carbonyl (C=O) groups excluding carboxylic acids is 1. The van der Waals surface area contributed by atoms with E-state index < -0.39 is 10.0 Å². The maximum Gasteiger partial charge on any atom is 0.243 e. The lowest BCUT2D eigenvalue weighted by molar-refractivity contribution is -0.120. The quantitative estimate of drug-likeness (QED) is 0.770. The van der Waals surface area contributed by atoms with Crippen LogP contribution in [0, 0.1) is 19.8 Å². The van der Waals surface area contributed by atoms with E-state index in [2.05, 4.69) is 26.2 Å². The van der Waals surface area contributed by atoms with Crippen LogP contribution < -0.4 is 5.32 Å². The number of halogens is 1. The molecular formula is C19H22BrN3O3S. The molecule has 1 aliphatic rings. The summed E-state index contributed by atoms with van der Waals surface area (Å²) in [6, 6.07) is 8.70. The third-order valence-electron chi connectivity index (χ3n) is 4.76. The van der Waals surface area contributed by atoms with Gasteiger partial charge in [-0.2, -0.15) is 4.31 Å². The molecule has 2 heterocycles. The van der Waals surface area contributed by atoms with E-state index in [9.17, 15) is 13.2 Å². The molecule has 1 saturated heterocycles. The van der Waals surface area contributed by atoms with Crippen molar-refractivity contribution in [3.05, 3.63) is 52.1 Å². The normalized spacial score (nSPS) is 16.3. The maximum atomic E-state index is 12.9. The zero-order valence-corrected chi connectivity index (χ0v) is 17.7. The average Bonchev–Trinajstić information content (AvgIpc) is 2.64. The molecule has 0 radical (unpaired) electrons. The molecule has 1 aliphatic heterocycles. The molecule has 1 aromatic carbocycles. The van der Waals surface area contributed by atoms with Crippen molar-refractivity contribution in [2.24, 2.45) is 5.92 Å². The van der Waals surface area contributed by atoms with Crippen molar-refractivity contribution in [1.29, 1.82) is 0 Å². The highest BCUT2D eigenvalue weighted by Gasteiger charge is 2.32. The van der Waals surface area contributed by atoms with E-state index in [-0.39, 0.29) is 16.7 Å². The highest BCUT2D eigenvalue weighted by Crippen LogP contribution is 2.27. The first-order chi connectivity index (χ1) is 12.8. The van der Waals surface area contributed by atoms with E-state index in [1.54, 1.807) is 24.4 Å². The molecule has 0 saturated carbocycles. The molecule has 0 bridgehead atoms. The summed E-state index contributed by atoms with van der Waals surface area (Å²) in [7, 11) is -3.55. The average molecular weight is 452 g/mol. The Labute approximate surface area is 168 Å². The van der Waals surface area contributed by atoms with Crippen LogP contribution in [-0.2, 0) is 14.8 Å². The SMILES string of the molecule is Cc1ccnc(NC(=O)C2CCN(S(=O)(=O)c3ccc(Br)c(C)c3)CC2)c1. The second kappa shape index (κ2) is 8.08. The Bertz CT molecular complexity index is 954. The Morgan fingerprint density at radius 1 is 1.19 bits per heavy atom. The van der Waals surface area contributed by atoms with Gasteiger partial charge in [0.1, 0.15) is 5.82 Å². The van der Waals surface area contributed by atoms with Crippen LogP contribution in [-0.4, -0.2) is 36.7 Å². The summed E-state index contributed by atoms with van der Waals surface area (Å²) < 4.78 is 28.1. The monoisotopic (exact) mass is 451 g/mol. The summed E-state index contributed by atoms with van der Waals surface area (Å²) in [5.74, 6) is 0.204. The van der Waals surface area contributed by atoms with Crippen molar-refractivity contribution >= 4 is 37.7 Å². The van der Waals surface area contributed by atoms with Crippen molar-refractivity contribution in [2.45, 2.75) is 31.6 Å². The maximum absolute atomic E-state index is 12.9. The molecule has 1 amide bonds. The van der Waals surface area contributed by atoms with Gasteiger partial charge in [-0.15, -0.1) is 0 Å². The van der Waals surface area contributed by atoms with Gasteiger partial charge in [-0.05, 0) is 68.1 Å². The van der Waals surface area contributed by atoms with Gasteiger partial charge in [0.15, 0.2) is 0 Å². The summed E-state index contributed by atoms with van der Waals surface area (Å²) >= 11 is 3.39. The molecule has 0 unspecified atom stereocenters. The number of nitrogens with zero attached hydrogens (tertiary/aromatic N) is 2. The van der Waals surface area contributed by atoms with E-state index in [0.29, 0.717) is 31.7 Å². The number of amides is 1. The van der Waals surface area contributed by atoms with Crippen LogP contribution in [0.4, 0.5) is 5.82 Å². The number of anilines is 1. The number of benzene rings is 1. The van der Waals surface area contributed by atoms with Crippen LogP contribution in [0.15, 0.2) is 45.9 Å². The van der Waals surface area contributed by atoms with E-state index in [1.165, 1.54) is 4.31 Å². The summed E-state index contributed by atoms with van der Waals surface area (Å²) in [5.41, 5.74) is 1.89. The molecule has 6 nitrogen and oxygen atoms in total. The zero-order chi connectivity index (χ0) is 19.6. The van der Waals surface area contributed by atoms with Crippen molar-refractivity contribution in [2.75, 3.05) is 18.4 Å². The fourth-order valence-electron chi connectivity index (χ4n) is 3.12. The molecule has 2 aromatic rings. The highest BCUT2D eigenvalue weighted by atomic mass is 79.9. The molecule has 8 heteroatoms. The molecule has 1 fully saturated rings. The standard InChI is InChI=1S/C19H22BrN3O3S/c1-13-5-8-21-18(11-13)22-19(24)15-6-9-23(10-7-15)27(25,26)16-3-4-17(20)14(2)12-16/h3-5,8,11-12,15H,6-7,9-10H2,1-2H3,(H,21,22,24). The van der Waals surface area contributed by atoms with Gasteiger partial charge >= 0.3 is 0 Å². The van der Waals surface area contributed by atoms with Gasteiger partial charge in [0, 0.05) is 29.7 Å². The van der Waals surface area contributed by atoms with Gasteiger partial charge < -0.3 is 5.32 Å². The molecule has 27 heavy (non-hydrogen) atoms. The number of aromatic nitrogens is 1. The number of rotatable bonds is 4. The van der Waals surface area contributed by atoms with Gasteiger partial charge in [-0.3, -0.25) is 4.79 Å². The summed E-state index contributed by atoms with van der Waals surface area (Å²) in [6.45, 7) is 4.46. The first kappa shape index (κ1) is 20.0. The predicted molar refractivity (Wildman–Crippen MR) is 108 cm³/mol. The van der Waals surface area contributed by atoms with E-state index in [1.807, 2.05) is 26.0 Å². The van der Waals surface area contributed by atoms with Crippen LogP contribution in [0.3, 0.4) is 0 Å². The fourth-order valence-corrected chi connectivity index (χ4v) is 4.92. The molecule has 0 atom stereocenters. The van der Waals surface area contributed by atoms with Gasteiger partial charge in [0.25, 0.3) is 0 Å². The third-order valence-corrected chi connectivity index (χ3v) is 7.54. The van der Waals surface area contributed by atoms with Crippen LogP contribution in [0.25, 0.3) is 0 Å². The molecular weight excluding hydrogens is 430 g/mol. The highest BCUT2D eigenvalue weighted by molar-refractivity contribution is 9.10. The zero-order valence-electron chi connectivity index (χ0n) is 15.3. The van der Waals surface area contributed by atoms with Crippen LogP contribution in [0.1, 0.15) is 24.0 Å². The van der Waals surface area contributed by atoms with E-state index >= 15 is 0 Å². The Morgan fingerprint density at radius 3 is 2.52 bits per heavy atom. The number of hydrogen-bond acceptors (Lipinski definition) is 4. The number of aryl methyl sites for hydroxylation is 2. The lowest BCUT2D eigenvalue weighted by Gasteiger charge is -2.30. The second-order valence-corrected chi connectivity index (χ2v) is 9.59. The summed E-state index contributed by atoms with van der Waals surface area (Å²) in [5, 5.41) is 2.83. The van der Waals surface area contributed by atoms with E-state index in [4.69, 9.17) is 0 Å². The van der Waals surface area contributed by atoms with Crippen LogP contribution in [0.2, 0.25) is 0 Å². The third kappa shape index (κ3) is 4.56. The molecule has 0 spiro atoms. The smallest absolute Gasteiger partial charge is 0.243 e. The fraction of sp³-hybridized carbons (Fsp3) is 0.368. The predicted octanol–water partition coefficient (Wildman–Crippen LogP) is 3.50. The number of pyridine rings is 1. The van der Waals surface area contributed by atoms with Crippen molar-refractivity contribution in [1.82, 2.24) is 9.29 Å². The van der Waals surface area contributed by atoms with E-state index in [0.717, 1.165) is 15.6 Å².